The third kappa shape index (κ3) is 7.46. The Morgan fingerprint density at radius 1 is 0.286 bits per heavy atom. The van der Waals surface area contributed by atoms with Crippen molar-refractivity contribution in [1.82, 2.24) is 0 Å². The summed E-state index contributed by atoms with van der Waals surface area (Å²) in [7, 11) is 0. The van der Waals surface area contributed by atoms with Gasteiger partial charge in [-0.2, -0.15) is 0 Å². The smallest absolute Gasteiger partial charge is 0.159 e. The van der Waals surface area contributed by atoms with Crippen molar-refractivity contribution in [3.05, 3.63) is 326 Å². The Labute approximate surface area is 489 Å². The van der Waals surface area contributed by atoms with Gasteiger partial charge in [0.15, 0.2) is 5.58 Å². The van der Waals surface area contributed by atoms with E-state index in [4.69, 9.17) is 8.83 Å². The standard InChI is InChI=1S/C79H50N2O2S/c1-4-19-55(20-5-1)79(68-31-13-10-27-61(68)62-28-11-14-32-69(62)79)56-21-16-26-60(50-56)81(59-42-37-51(38-43-59)52-41-46-76-67(48-52)63-29-12-15-36-75(63)84-76)71-34-17-30-64-66-47-53(40-45-72(66)83-78(64)71)54-39-44-65-74(49-54)82-73-35-18-33-70(77(65)73)80(57-22-6-2-7-23-57)58-24-8-3-9-25-58/h1-50H. The van der Waals surface area contributed by atoms with Crippen molar-refractivity contribution in [3.8, 4) is 33.4 Å². The molecule has 0 spiro atoms. The number of hydrogen-bond donors (Lipinski definition) is 0. The van der Waals surface area contributed by atoms with Crippen LogP contribution in [-0.2, 0) is 5.41 Å². The summed E-state index contributed by atoms with van der Waals surface area (Å²) >= 11 is 1.85. The van der Waals surface area contributed by atoms with Crippen LogP contribution < -0.4 is 9.80 Å². The first kappa shape index (κ1) is 48.0. The van der Waals surface area contributed by atoms with Crippen LogP contribution in [-0.4, -0.2) is 0 Å². The van der Waals surface area contributed by atoms with Crippen molar-refractivity contribution in [2.75, 3.05) is 9.80 Å². The lowest BCUT2D eigenvalue weighted by Crippen LogP contribution is -2.28. The predicted molar refractivity (Wildman–Crippen MR) is 351 cm³/mol. The van der Waals surface area contributed by atoms with E-state index in [9.17, 15) is 0 Å². The van der Waals surface area contributed by atoms with E-state index in [0.717, 1.165) is 94.7 Å². The Kier molecular flexibility index (Phi) is 11.0. The SMILES string of the molecule is c1ccc(N(c2ccccc2)c2cccc3oc4cc(-c5ccc6oc7c(N(c8ccc(-c9ccc%10sc%11ccccc%11c%10c9)cc8)c8cccc(C9(c%10ccccc%10)c%10ccccc%10-c%10ccccc%109)c8)cccc7c6c5)ccc4c23)cc1. The number of furan rings is 2. The molecule has 0 aliphatic heterocycles. The van der Waals surface area contributed by atoms with Gasteiger partial charge in [-0.3, -0.25) is 0 Å². The zero-order chi connectivity index (χ0) is 55.3. The van der Waals surface area contributed by atoms with E-state index in [-0.39, 0.29) is 0 Å². The largest absolute Gasteiger partial charge is 0.456 e. The van der Waals surface area contributed by atoms with Crippen LogP contribution in [0.25, 0.3) is 97.4 Å². The molecule has 0 atom stereocenters. The van der Waals surface area contributed by atoms with Crippen molar-refractivity contribution in [3.63, 3.8) is 0 Å². The van der Waals surface area contributed by atoms with Gasteiger partial charge in [0.05, 0.1) is 22.2 Å². The Morgan fingerprint density at radius 3 is 1.60 bits per heavy atom. The number of para-hydroxylation sites is 3. The third-order valence-electron chi connectivity index (χ3n) is 17.3. The molecule has 0 unspecified atom stereocenters. The minimum Gasteiger partial charge on any atom is -0.456 e. The first-order valence-electron chi connectivity index (χ1n) is 28.6. The van der Waals surface area contributed by atoms with Crippen LogP contribution in [0.5, 0.6) is 0 Å². The van der Waals surface area contributed by atoms with Gasteiger partial charge < -0.3 is 18.6 Å². The lowest BCUT2D eigenvalue weighted by Gasteiger charge is -2.35. The van der Waals surface area contributed by atoms with E-state index in [0.29, 0.717) is 0 Å². The normalized spacial score (nSPS) is 12.6. The van der Waals surface area contributed by atoms with Gasteiger partial charge in [-0.25, -0.2) is 0 Å². The molecule has 84 heavy (non-hydrogen) atoms. The Hall–Kier alpha value is -10.7. The number of benzene rings is 13. The zero-order valence-electron chi connectivity index (χ0n) is 45.5. The molecule has 1 aliphatic carbocycles. The van der Waals surface area contributed by atoms with Crippen LogP contribution in [0.15, 0.2) is 312 Å². The minimum absolute atomic E-state index is 0.579. The van der Waals surface area contributed by atoms with Crippen LogP contribution in [0.2, 0.25) is 0 Å². The fourth-order valence-electron chi connectivity index (χ4n) is 13.6. The molecule has 3 heterocycles. The van der Waals surface area contributed by atoms with Gasteiger partial charge in [0, 0.05) is 59.1 Å². The topological polar surface area (TPSA) is 32.8 Å². The first-order valence-corrected chi connectivity index (χ1v) is 29.4. The van der Waals surface area contributed by atoms with Crippen LogP contribution in [0, 0.1) is 0 Å². The van der Waals surface area contributed by atoms with Gasteiger partial charge in [-0.15, -0.1) is 11.3 Å². The Bertz CT molecular complexity index is 5130. The lowest BCUT2D eigenvalue weighted by molar-refractivity contribution is 0.669. The maximum absolute atomic E-state index is 7.13. The van der Waals surface area contributed by atoms with Crippen molar-refractivity contribution in [1.29, 1.82) is 0 Å². The molecular weight excluding hydrogens is 1040 g/mol. The molecule has 0 bridgehead atoms. The summed E-state index contributed by atoms with van der Waals surface area (Å²) < 4.78 is 16.5. The second-order valence-corrected chi connectivity index (χ2v) is 23.0. The average molecular weight is 1090 g/mol. The molecule has 0 fully saturated rings. The molecule has 3 aromatic heterocycles. The number of fused-ring (bicyclic) bond motifs is 12. The maximum atomic E-state index is 7.13. The number of nitrogens with zero attached hydrogens (tertiary/aromatic N) is 2. The monoisotopic (exact) mass is 1090 g/mol. The number of hydrogen-bond acceptors (Lipinski definition) is 5. The van der Waals surface area contributed by atoms with Gasteiger partial charge in [0.25, 0.3) is 0 Å². The highest BCUT2D eigenvalue weighted by Gasteiger charge is 2.46. The molecule has 394 valence electrons. The first-order chi connectivity index (χ1) is 41.6. The molecule has 16 aromatic rings. The summed E-state index contributed by atoms with van der Waals surface area (Å²) in [6.45, 7) is 0. The molecular formula is C79H50N2O2S. The van der Waals surface area contributed by atoms with E-state index in [2.05, 4.69) is 313 Å². The zero-order valence-corrected chi connectivity index (χ0v) is 46.3. The third-order valence-corrected chi connectivity index (χ3v) is 18.5. The maximum Gasteiger partial charge on any atom is 0.159 e. The summed E-state index contributed by atoms with van der Waals surface area (Å²) in [4.78, 5) is 4.70. The molecule has 0 radical (unpaired) electrons. The summed E-state index contributed by atoms with van der Waals surface area (Å²) in [6.07, 6.45) is 0. The number of thiophene rings is 1. The van der Waals surface area contributed by atoms with Crippen LogP contribution >= 0.6 is 11.3 Å². The molecule has 0 saturated heterocycles. The molecule has 4 nitrogen and oxygen atoms in total. The highest BCUT2D eigenvalue weighted by Crippen LogP contribution is 2.57. The van der Waals surface area contributed by atoms with Crippen molar-refractivity contribution in [2.24, 2.45) is 0 Å². The number of rotatable bonds is 10. The second-order valence-electron chi connectivity index (χ2n) is 21.9. The van der Waals surface area contributed by atoms with Crippen LogP contribution in [0.1, 0.15) is 22.3 Å². The van der Waals surface area contributed by atoms with E-state index < -0.39 is 5.41 Å². The highest BCUT2D eigenvalue weighted by atomic mass is 32.1. The molecule has 0 N–H and O–H groups in total. The lowest BCUT2D eigenvalue weighted by atomic mass is 9.67. The van der Waals surface area contributed by atoms with E-state index >= 15 is 0 Å². The number of anilines is 6. The van der Waals surface area contributed by atoms with E-state index in [1.54, 1.807) is 0 Å². The average Bonchev–Trinajstić information content (AvgIpc) is 1.79. The van der Waals surface area contributed by atoms with Gasteiger partial charge in [-0.05, 0) is 165 Å². The van der Waals surface area contributed by atoms with Gasteiger partial charge in [-0.1, -0.05) is 194 Å². The van der Waals surface area contributed by atoms with Gasteiger partial charge in [0.2, 0.25) is 0 Å². The molecule has 5 heteroatoms. The summed E-state index contributed by atoms with van der Waals surface area (Å²) in [5.74, 6) is 0. The van der Waals surface area contributed by atoms with Crippen molar-refractivity contribution < 1.29 is 8.83 Å². The molecule has 13 aromatic carbocycles. The quantitative estimate of drug-likeness (QED) is 0.137. The van der Waals surface area contributed by atoms with Gasteiger partial charge >= 0.3 is 0 Å². The van der Waals surface area contributed by atoms with Crippen LogP contribution in [0.4, 0.5) is 34.1 Å². The highest BCUT2D eigenvalue weighted by molar-refractivity contribution is 7.25. The Balaban J connectivity index is 0.812. The summed E-state index contributed by atoms with van der Waals surface area (Å²) in [5, 5.41) is 6.80. The molecule has 1 aliphatic rings. The van der Waals surface area contributed by atoms with Crippen molar-refractivity contribution >= 4 is 110 Å². The fraction of sp³-hybridized carbons (Fsp3) is 0.0127. The molecule has 17 rings (SSSR count). The second kappa shape index (κ2) is 19.2. The minimum atomic E-state index is -0.579. The predicted octanol–water partition coefficient (Wildman–Crippen LogP) is 22.5. The van der Waals surface area contributed by atoms with Gasteiger partial charge in [0.1, 0.15) is 16.7 Å². The van der Waals surface area contributed by atoms with Crippen LogP contribution in [0.3, 0.4) is 0 Å². The van der Waals surface area contributed by atoms with E-state index in [1.165, 1.54) is 59.1 Å². The summed E-state index contributed by atoms with van der Waals surface area (Å²) in [6, 6.07) is 110. The summed E-state index contributed by atoms with van der Waals surface area (Å²) in [5.41, 5.74) is 20.9. The fourth-order valence-corrected chi connectivity index (χ4v) is 14.7. The Morgan fingerprint density at radius 2 is 0.821 bits per heavy atom. The van der Waals surface area contributed by atoms with E-state index in [1.807, 2.05) is 11.3 Å². The molecule has 0 amide bonds. The van der Waals surface area contributed by atoms with Crippen molar-refractivity contribution in [2.45, 2.75) is 5.41 Å². The molecule has 0 saturated carbocycles.